The van der Waals surface area contributed by atoms with Crippen molar-refractivity contribution in [2.24, 2.45) is 0 Å². The fourth-order valence-corrected chi connectivity index (χ4v) is 0.516. The zero-order valence-corrected chi connectivity index (χ0v) is 9.48. The van der Waals surface area contributed by atoms with Crippen molar-refractivity contribution in [3.63, 3.8) is 0 Å². The summed E-state index contributed by atoms with van der Waals surface area (Å²) in [4.78, 5) is 14.3. The van der Waals surface area contributed by atoms with E-state index in [1.807, 2.05) is 0 Å². The summed E-state index contributed by atoms with van der Waals surface area (Å²) in [6.45, 7) is 3.83. The summed E-state index contributed by atoms with van der Waals surface area (Å²) in [6, 6.07) is 0. The SMILES string of the molecule is C1COCCN1.O=S(=O)(O)O.O=[PH](O)O. The highest BCUT2D eigenvalue weighted by atomic mass is 32.3. The van der Waals surface area contributed by atoms with Crippen LogP contribution in [-0.4, -0.2) is 53.6 Å². The molecule has 0 saturated carbocycles. The van der Waals surface area contributed by atoms with Gasteiger partial charge in [0.05, 0.1) is 13.2 Å². The largest absolute Gasteiger partial charge is 0.394 e. The Bertz CT molecular complexity index is 226. The van der Waals surface area contributed by atoms with Crippen LogP contribution in [0.5, 0.6) is 0 Å². The van der Waals surface area contributed by atoms with Crippen LogP contribution in [0.2, 0.25) is 0 Å². The Labute approximate surface area is 87.6 Å². The quantitative estimate of drug-likeness (QED) is 0.255. The molecule has 15 heavy (non-hydrogen) atoms. The highest BCUT2D eigenvalue weighted by Gasteiger charge is 1.92. The summed E-state index contributed by atoms with van der Waals surface area (Å²) in [5.41, 5.74) is 0. The van der Waals surface area contributed by atoms with Crippen molar-refractivity contribution in [2.75, 3.05) is 26.3 Å². The molecule has 1 rings (SSSR count). The molecule has 0 aromatic heterocycles. The van der Waals surface area contributed by atoms with E-state index in [2.05, 4.69) is 5.32 Å². The number of morpholine rings is 1. The third kappa shape index (κ3) is 56.3. The minimum absolute atomic E-state index is 0.889. The highest BCUT2D eigenvalue weighted by Crippen LogP contribution is 1.98. The lowest BCUT2D eigenvalue weighted by Gasteiger charge is -2.10. The Morgan fingerprint density at radius 1 is 1.13 bits per heavy atom. The van der Waals surface area contributed by atoms with Crippen molar-refractivity contribution in [1.29, 1.82) is 0 Å². The molecule has 0 atom stereocenters. The second-order valence-electron chi connectivity index (χ2n) is 2.09. The lowest BCUT2D eigenvalue weighted by molar-refractivity contribution is 0.109. The molecule has 94 valence electrons. The van der Waals surface area contributed by atoms with E-state index in [-0.39, 0.29) is 0 Å². The van der Waals surface area contributed by atoms with Gasteiger partial charge in [-0.3, -0.25) is 13.7 Å². The fourth-order valence-electron chi connectivity index (χ4n) is 0.516. The predicted molar refractivity (Wildman–Crippen MR) is 51.3 cm³/mol. The second kappa shape index (κ2) is 10.5. The second-order valence-corrected chi connectivity index (χ2v) is 3.55. The summed E-state index contributed by atoms with van der Waals surface area (Å²) in [5.74, 6) is 0. The molecule has 1 aliphatic rings. The maximum atomic E-state index is 8.74. The number of ether oxygens (including phenoxy) is 1. The van der Waals surface area contributed by atoms with Gasteiger partial charge in [0, 0.05) is 13.1 Å². The molecule has 0 aromatic carbocycles. The smallest absolute Gasteiger partial charge is 0.379 e. The van der Waals surface area contributed by atoms with Crippen LogP contribution in [0.3, 0.4) is 0 Å². The molecule has 0 spiro atoms. The third-order valence-electron chi connectivity index (χ3n) is 0.846. The van der Waals surface area contributed by atoms with E-state index < -0.39 is 18.7 Å². The van der Waals surface area contributed by atoms with Gasteiger partial charge in [-0.05, 0) is 0 Å². The molecule has 11 heteroatoms. The van der Waals surface area contributed by atoms with Crippen molar-refractivity contribution in [3.05, 3.63) is 0 Å². The fraction of sp³-hybridized carbons (Fsp3) is 1.00. The normalized spacial score (nSPS) is 15.8. The van der Waals surface area contributed by atoms with Crippen molar-refractivity contribution in [3.8, 4) is 0 Å². The first-order chi connectivity index (χ1) is 6.73. The number of rotatable bonds is 0. The maximum Gasteiger partial charge on any atom is 0.394 e. The summed E-state index contributed by atoms with van der Waals surface area (Å²) < 4.78 is 45.3. The predicted octanol–water partition coefficient (Wildman–Crippen LogP) is -1.69. The van der Waals surface area contributed by atoms with E-state index in [1.165, 1.54) is 0 Å². The van der Waals surface area contributed by atoms with E-state index in [9.17, 15) is 0 Å². The monoisotopic (exact) mass is 267 g/mol. The van der Waals surface area contributed by atoms with Crippen molar-refractivity contribution >= 4 is 18.7 Å². The van der Waals surface area contributed by atoms with Crippen LogP contribution in [0.1, 0.15) is 0 Å². The van der Waals surface area contributed by atoms with Crippen LogP contribution < -0.4 is 5.32 Å². The van der Waals surface area contributed by atoms with Gasteiger partial charge in [-0.2, -0.15) is 8.42 Å². The van der Waals surface area contributed by atoms with E-state index in [4.69, 9.17) is 36.6 Å². The first-order valence-electron chi connectivity index (χ1n) is 3.63. The van der Waals surface area contributed by atoms with Gasteiger partial charge in [0.2, 0.25) is 0 Å². The third-order valence-corrected chi connectivity index (χ3v) is 0.846. The molecule has 0 aromatic rings. The van der Waals surface area contributed by atoms with Gasteiger partial charge in [-0.25, -0.2) is 0 Å². The summed E-state index contributed by atoms with van der Waals surface area (Å²) >= 11 is 0. The van der Waals surface area contributed by atoms with Crippen molar-refractivity contribution < 1.29 is 36.6 Å². The Morgan fingerprint density at radius 3 is 1.47 bits per heavy atom. The van der Waals surface area contributed by atoms with Gasteiger partial charge >= 0.3 is 18.7 Å². The highest BCUT2D eigenvalue weighted by molar-refractivity contribution is 7.79. The molecule has 9 nitrogen and oxygen atoms in total. The molecule has 0 amide bonds. The Kier molecular flexibility index (Phi) is 12.1. The average molecular weight is 267 g/mol. The van der Waals surface area contributed by atoms with Gasteiger partial charge < -0.3 is 19.8 Å². The maximum absolute atomic E-state index is 8.74. The van der Waals surface area contributed by atoms with Crippen LogP contribution in [0, 0.1) is 0 Å². The van der Waals surface area contributed by atoms with Gasteiger partial charge in [0.15, 0.2) is 0 Å². The summed E-state index contributed by atoms with van der Waals surface area (Å²) in [6.07, 6.45) is 0. The summed E-state index contributed by atoms with van der Waals surface area (Å²) in [7, 11) is -7.80. The molecule has 5 N–H and O–H groups in total. The van der Waals surface area contributed by atoms with Crippen LogP contribution in [-0.2, 0) is 19.7 Å². The zero-order chi connectivity index (χ0) is 12.3. The number of hydrogen-bond acceptors (Lipinski definition) is 5. The van der Waals surface area contributed by atoms with E-state index in [0.717, 1.165) is 26.3 Å². The first-order valence-corrected chi connectivity index (χ1v) is 6.33. The minimum Gasteiger partial charge on any atom is -0.379 e. The van der Waals surface area contributed by atoms with Gasteiger partial charge in [-0.1, -0.05) is 0 Å². The molecular weight excluding hydrogens is 253 g/mol. The molecular formula is C4H14NO8PS. The lowest BCUT2D eigenvalue weighted by Crippen LogP contribution is -2.30. The van der Waals surface area contributed by atoms with Crippen molar-refractivity contribution in [1.82, 2.24) is 5.32 Å². The molecule has 0 radical (unpaired) electrons. The van der Waals surface area contributed by atoms with Crippen LogP contribution in [0.25, 0.3) is 0 Å². The number of hydrogen-bond donors (Lipinski definition) is 5. The van der Waals surface area contributed by atoms with E-state index in [0.29, 0.717) is 0 Å². The standard InChI is InChI=1S/C4H9NO.H2O4S.H3O3P/c1-3-6-4-2-5-1;1-5(2,3)4;1-4(2)3/h5H,1-4H2;(H2,1,2,3,4);4H,(H2,1,2,3). The van der Waals surface area contributed by atoms with Crippen molar-refractivity contribution in [2.45, 2.75) is 0 Å². The Hall–Kier alpha value is -0.0600. The first kappa shape index (κ1) is 17.3. The number of nitrogens with one attached hydrogen (secondary N) is 1. The molecule has 0 aliphatic carbocycles. The molecule has 1 saturated heterocycles. The van der Waals surface area contributed by atoms with E-state index in [1.54, 1.807) is 0 Å². The van der Waals surface area contributed by atoms with Gasteiger partial charge in [-0.15, -0.1) is 0 Å². The average Bonchev–Trinajstić information content (AvgIpc) is 2.03. The zero-order valence-electron chi connectivity index (χ0n) is 7.66. The molecule has 1 heterocycles. The van der Waals surface area contributed by atoms with Crippen LogP contribution in [0.15, 0.2) is 0 Å². The Balaban J connectivity index is 0. The molecule has 0 bridgehead atoms. The van der Waals surface area contributed by atoms with Gasteiger partial charge in [0.1, 0.15) is 0 Å². The van der Waals surface area contributed by atoms with E-state index >= 15 is 0 Å². The molecule has 1 aliphatic heterocycles. The van der Waals surface area contributed by atoms with Crippen LogP contribution in [0.4, 0.5) is 0 Å². The minimum atomic E-state index is -4.67. The van der Waals surface area contributed by atoms with Gasteiger partial charge in [0.25, 0.3) is 0 Å². The van der Waals surface area contributed by atoms with Crippen LogP contribution >= 0.6 is 8.25 Å². The molecule has 1 fully saturated rings. The lowest BCUT2D eigenvalue weighted by atomic mass is 10.5. The summed E-state index contributed by atoms with van der Waals surface area (Å²) in [5, 5.41) is 3.16. The Morgan fingerprint density at radius 2 is 1.40 bits per heavy atom. The molecule has 0 unspecified atom stereocenters. The topological polar surface area (TPSA) is 153 Å².